The van der Waals surface area contributed by atoms with Gasteiger partial charge < -0.3 is 9.74 Å². The molecule has 0 spiro atoms. The number of para-hydroxylation sites is 2. The predicted octanol–water partition coefficient (Wildman–Crippen LogP) is 4.92. The molecule has 2 aliphatic rings. The second kappa shape index (κ2) is 9.69. The van der Waals surface area contributed by atoms with Crippen molar-refractivity contribution in [1.82, 2.24) is 10.0 Å². The number of hydrogen-bond acceptors (Lipinski definition) is 7. The minimum atomic E-state index is -0.557. The van der Waals surface area contributed by atoms with E-state index in [2.05, 4.69) is 34.2 Å². The minimum absolute atomic E-state index is 0.0972. The summed E-state index contributed by atoms with van der Waals surface area (Å²) in [5.41, 5.74) is 3.21. The zero-order valence-electron chi connectivity index (χ0n) is 18.5. The van der Waals surface area contributed by atoms with E-state index < -0.39 is 17.8 Å². The summed E-state index contributed by atoms with van der Waals surface area (Å²) in [6.07, 6.45) is 5.69. The molecule has 34 heavy (non-hydrogen) atoms. The molecule has 2 aromatic carbocycles. The van der Waals surface area contributed by atoms with Gasteiger partial charge in [0, 0.05) is 42.3 Å². The molecule has 2 aliphatic heterocycles. The average molecular weight is 474 g/mol. The molecule has 0 unspecified atom stereocenters. The Labute approximate surface area is 201 Å². The fourth-order valence-corrected chi connectivity index (χ4v) is 5.25. The molecular formula is C26H23N3O4S. The van der Waals surface area contributed by atoms with E-state index in [1.165, 1.54) is 4.90 Å². The highest BCUT2D eigenvalue weighted by atomic mass is 32.2. The van der Waals surface area contributed by atoms with Gasteiger partial charge in [0.05, 0.1) is 16.2 Å². The Balaban J connectivity index is 1.27. The molecule has 2 amide bonds. The van der Waals surface area contributed by atoms with Gasteiger partial charge in [-0.3, -0.25) is 14.6 Å². The number of amides is 2. The lowest BCUT2D eigenvalue weighted by atomic mass is 10.1. The topological polar surface area (TPSA) is 79.8 Å². The number of nitrogens with zero attached hydrogens (tertiary/aromatic N) is 3. The number of imide groups is 1. The fraction of sp³-hybridized carbons (Fsp3) is 0.231. The van der Waals surface area contributed by atoms with Crippen molar-refractivity contribution in [2.24, 2.45) is 0 Å². The van der Waals surface area contributed by atoms with Crippen molar-refractivity contribution in [2.75, 3.05) is 11.4 Å². The van der Waals surface area contributed by atoms with E-state index in [1.807, 2.05) is 42.6 Å². The lowest BCUT2D eigenvalue weighted by Crippen LogP contribution is -2.32. The molecule has 1 aromatic heterocycles. The number of hydroxylamine groups is 2. The molecule has 0 aliphatic carbocycles. The molecule has 3 heterocycles. The highest BCUT2D eigenvalue weighted by molar-refractivity contribution is 8.03. The number of carbonyl (C=O) groups is 3. The van der Waals surface area contributed by atoms with E-state index in [9.17, 15) is 14.4 Å². The minimum Gasteiger partial charge on any atom is -0.335 e. The summed E-state index contributed by atoms with van der Waals surface area (Å²) in [6, 6.07) is 18.4. The third kappa shape index (κ3) is 4.54. The molecule has 1 fully saturated rings. The maximum absolute atomic E-state index is 12.1. The summed E-state index contributed by atoms with van der Waals surface area (Å²) in [7, 11) is 0. The maximum atomic E-state index is 12.1. The van der Waals surface area contributed by atoms with Gasteiger partial charge in [-0.15, -0.1) is 5.06 Å². The summed E-state index contributed by atoms with van der Waals surface area (Å²) in [6.45, 7) is 0.730. The van der Waals surface area contributed by atoms with Crippen molar-refractivity contribution in [3.05, 3.63) is 71.4 Å². The number of fused-ring (bicyclic) bond motifs is 2. The Morgan fingerprint density at radius 2 is 1.76 bits per heavy atom. The quantitative estimate of drug-likeness (QED) is 0.356. The summed E-state index contributed by atoms with van der Waals surface area (Å²) < 4.78 is 0. The van der Waals surface area contributed by atoms with Gasteiger partial charge in [0.15, 0.2) is 0 Å². The molecule has 0 radical (unpaired) electrons. The summed E-state index contributed by atoms with van der Waals surface area (Å²) in [5.74, 6) is -1.47. The van der Waals surface area contributed by atoms with Crippen LogP contribution in [0.2, 0.25) is 0 Å². The standard InChI is InChI=1S/C26H23N3O4S/c30-23-12-13-24(31)29(23)33-26(32)11-5-6-16-28-21-9-3-4-10-22(21)34-25(28)17-18-14-15-27-20-8-2-1-7-19(18)20/h1-4,7-10,14-15,17H,5-6,11-13,16H2/b25-17-. The van der Waals surface area contributed by atoms with Gasteiger partial charge in [0.2, 0.25) is 0 Å². The highest BCUT2D eigenvalue weighted by Gasteiger charge is 2.32. The Hall–Kier alpha value is -3.65. The van der Waals surface area contributed by atoms with E-state index in [0.717, 1.165) is 40.1 Å². The van der Waals surface area contributed by atoms with Crippen LogP contribution in [0.15, 0.2) is 70.7 Å². The smallest absolute Gasteiger partial charge is 0.333 e. The van der Waals surface area contributed by atoms with E-state index in [-0.39, 0.29) is 19.3 Å². The van der Waals surface area contributed by atoms with E-state index in [1.54, 1.807) is 11.8 Å². The number of aromatic nitrogens is 1. The average Bonchev–Trinajstić information content (AvgIpc) is 3.36. The predicted molar refractivity (Wildman–Crippen MR) is 130 cm³/mol. The molecule has 7 nitrogen and oxygen atoms in total. The van der Waals surface area contributed by atoms with Crippen LogP contribution in [0.3, 0.4) is 0 Å². The molecule has 1 saturated heterocycles. The van der Waals surface area contributed by atoms with Crippen LogP contribution in [-0.2, 0) is 19.2 Å². The largest absolute Gasteiger partial charge is 0.335 e. The molecule has 0 atom stereocenters. The van der Waals surface area contributed by atoms with Crippen LogP contribution in [0.1, 0.15) is 37.7 Å². The first kappa shape index (κ1) is 22.2. The van der Waals surface area contributed by atoms with Crippen LogP contribution < -0.4 is 4.90 Å². The van der Waals surface area contributed by atoms with Crippen molar-refractivity contribution >= 4 is 52.2 Å². The van der Waals surface area contributed by atoms with Crippen LogP contribution in [-0.4, -0.2) is 34.4 Å². The number of unbranched alkanes of at least 4 members (excludes halogenated alkanes) is 1. The third-order valence-electron chi connectivity index (χ3n) is 5.81. The number of anilines is 1. The lowest BCUT2D eigenvalue weighted by molar-refractivity contribution is -0.197. The van der Waals surface area contributed by atoms with Crippen LogP contribution in [0.4, 0.5) is 5.69 Å². The normalized spacial score (nSPS) is 16.5. The van der Waals surface area contributed by atoms with Gasteiger partial charge in [-0.1, -0.05) is 42.1 Å². The monoisotopic (exact) mass is 473 g/mol. The first-order valence-electron chi connectivity index (χ1n) is 11.3. The number of rotatable bonds is 7. The Morgan fingerprint density at radius 3 is 2.62 bits per heavy atom. The van der Waals surface area contributed by atoms with E-state index >= 15 is 0 Å². The van der Waals surface area contributed by atoms with Crippen molar-refractivity contribution in [3.63, 3.8) is 0 Å². The van der Waals surface area contributed by atoms with Crippen LogP contribution in [0, 0.1) is 0 Å². The number of thioether (sulfide) groups is 1. The van der Waals surface area contributed by atoms with E-state index in [4.69, 9.17) is 4.84 Å². The Morgan fingerprint density at radius 1 is 1.00 bits per heavy atom. The number of pyridine rings is 1. The molecular weight excluding hydrogens is 450 g/mol. The van der Waals surface area contributed by atoms with Gasteiger partial charge in [0.1, 0.15) is 0 Å². The van der Waals surface area contributed by atoms with Crippen molar-refractivity contribution in [1.29, 1.82) is 0 Å². The van der Waals surface area contributed by atoms with Gasteiger partial charge in [-0.25, -0.2) is 4.79 Å². The first-order chi connectivity index (χ1) is 16.6. The number of carbonyl (C=O) groups excluding carboxylic acids is 3. The molecule has 8 heteroatoms. The number of benzene rings is 2. The summed E-state index contributed by atoms with van der Waals surface area (Å²) in [5, 5.41) is 2.83. The molecule has 172 valence electrons. The van der Waals surface area contributed by atoms with Crippen molar-refractivity contribution in [3.8, 4) is 0 Å². The molecule has 5 rings (SSSR count). The third-order valence-corrected chi connectivity index (χ3v) is 6.92. The van der Waals surface area contributed by atoms with Crippen LogP contribution in [0.25, 0.3) is 17.0 Å². The summed E-state index contributed by atoms with van der Waals surface area (Å²) >= 11 is 1.73. The van der Waals surface area contributed by atoms with Gasteiger partial charge in [0.25, 0.3) is 11.8 Å². The van der Waals surface area contributed by atoms with Gasteiger partial charge in [-0.05, 0) is 48.7 Å². The Kier molecular flexibility index (Phi) is 6.31. The fourth-order valence-electron chi connectivity index (χ4n) is 4.11. The molecule has 3 aromatic rings. The van der Waals surface area contributed by atoms with Crippen molar-refractivity contribution in [2.45, 2.75) is 37.0 Å². The van der Waals surface area contributed by atoms with Gasteiger partial charge in [-0.2, -0.15) is 0 Å². The van der Waals surface area contributed by atoms with E-state index in [0.29, 0.717) is 11.5 Å². The van der Waals surface area contributed by atoms with Crippen LogP contribution >= 0.6 is 11.8 Å². The second-order valence-electron chi connectivity index (χ2n) is 8.12. The zero-order valence-corrected chi connectivity index (χ0v) is 19.3. The molecule has 0 N–H and O–H groups in total. The van der Waals surface area contributed by atoms with Gasteiger partial charge >= 0.3 is 5.97 Å². The highest BCUT2D eigenvalue weighted by Crippen LogP contribution is 2.46. The summed E-state index contributed by atoms with van der Waals surface area (Å²) in [4.78, 5) is 48.2. The second-order valence-corrected chi connectivity index (χ2v) is 9.19. The number of hydrogen-bond donors (Lipinski definition) is 0. The lowest BCUT2D eigenvalue weighted by Gasteiger charge is -2.21. The SMILES string of the molecule is O=C(CCCCN1/C(=C/c2ccnc3ccccc23)Sc2ccccc21)ON1C(=O)CCC1=O. The zero-order chi connectivity index (χ0) is 23.5. The molecule has 0 bridgehead atoms. The Bertz CT molecular complexity index is 1280. The van der Waals surface area contributed by atoms with Crippen LogP contribution in [0.5, 0.6) is 0 Å². The maximum Gasteiger partial charge on any atom is 0.333 e. The molecule has 0 saturated carbocycles. The van der Waals surface area contributed by atoms with Crippen molar-refractivity contribution < 1.29 is 19.2 Å². The first-order valence-corrected chi connectivity index (χ1v) is 12.1.